The second-order valence-electron chi connectivity index (χ2n) is 6.88. The van der Waals surface area contributed by atoms with Gasteiger partial charge in [0.25, 0.3) is 11.8 Å². The van der Waals surface area contributed by atoms with Crippen molar-refractivity contribution in [1.82, 2.24) is 30.1 Å². The highest BCUT2D eigenvalue weighted by Gasteiger charge is 2.29. The number of para-hydroxylation sites is 1. The lowest BCUT2D eigenvalue weighted by Crippen LogP contribution is -2.38. The molecule has 1 saturated heterocycles. The van der Waals surface area contributed by atoms with E-state index in [4.69, 9.17) is 8.83 Å². The van der Waals surface area contributed by atoms with E-state index in [1.165, 1.54) is 11.0 Å². The average molecular weight is 390 g/mol. The van der Waals surface area contributed by atoms with Crippen LogP contribution in [0.2, 0.25) is 0 Å². The predicted octanol–water partition coefficient (Wildman–Crippen LogP) is 2.93. The molecule has 1 aliphatic heterocycles. The van der Waals surface area contributed by atoms with Gasteiger partial charge in [0.2, 0.25) is 5.89 Å². The number of hydrogen-bond donors (Lipinski definition) is 0. The molecular weight excluding hydrogens is 372 g/mol. The zero-order valence-corrected chi connectivity index (χ0v) is 15.5. The standard InChI is InChI=1S/C20H18N6O3/c27-20(17-12-21-26(24-17)16-4-2-1-3-5-16)25-9-6-14(7-10-25)18-22-23-19(29-18)15-8-11-28-13-15/h1-5,8,11-14H,6-7,9-10H2. The van der Waals surface area contributed by atoms with Gasteiger partial charge >= 0.3 is 0 Å². The molecule has 29 heavy (non-hydrogen) atoms. The van der Waals surface area contributed by atoms with Crippen molar-refractivity contribution in [3.05, 3.63) is 66.7 Å². The Morgan fingerprint density at radius 3 is 2.66 bits per heavy atom. The van der Waals surface area contributed by atoms with Crippen LogP contribution in [0.3, 0.4) is 0 Å². The van der Waals surface area contributed by atoms with Gasteiger partial charge in [-0.15, -0.1) is 15.3 Å². The quantitative estimate of drug-likeness (QED) is 0.528. The van der Waals surface area contributed by atoms with Crippen LogP contribution in [0.4, 0.5) is 0 Å². The number of furan rings is 1. The Morgan fingerprint density at radius 1 is 1.07 bits per heavy atom. The number of piperidine rings is 1. The second kappa shape index (κ2) is 7.34. The summed E-state index contributed by atoms with van der Waals surface area (Å²) in [5.74, 6) is 1.07. The number of hydrogen-bond acceptors (Lipinski definition) is 7. The molecule has 4 heterocycles. The molecule has 0 saturated carbocycles. The van der Waals surface area contributed by atoms with Gasteiger partial charge in [-0.2, -0.15) is 9.90 Å². The summed E-state index contributed by atoms with van der Waals surface area (Å²) in [7, 11) is 0. The number of aromatic nitrogens is 5. The lowest BCUT2D eigenvalue weighted by molar-refractivity contribution is 0.0700. The molecule has 0 aliphatic carbocycles. The van der Waals surface area contributed by atoms with E-state index in [1.54, 1.807) is 23.5 Å². The van der Waals surface area contributed by atoms with Crippen LogP contribution in [0.5, 0.6) is 0 Å². The van der Waals surface area contributed by atoms with Crippen molar-refractivity contribution in [3.8, 4) is 17.1 Å². The molecule has 1 aliphatic rings. The second-order valence-corrected chi connectivity index (χ2v) is 6.88. The highest BCUT2D eigenvalue weighted by Crippen LogP contribution is 2.29. The van der Waals surface area contributed by atoms with E-state index in [0.29, 0.717) is 30.6 Å². The maximum absolute atomic E-state index is 12.8. The molecule has 9 heteroatoms. The van der Waals surface area contributed by atoms with Gasteiger partial charge < -0.3 is 13.7 Å². The maximum Gasteiger partial charge on any atom is 0.276 e. The van der Waals surface area contributed by atoms with Gasteiger partial charge in [-0.3, -0.25) is 4.79 Å². The summed E-state index contributed by atoms with van der Waals surface area (Å²) in [6.07, 6.45) is 6.16. The van der Waals surface area contributed by atoms with E-state index in [-0.39, 0.29) is 11.8 Å². The minimum absolute atomic E-state index is 0.116. The van der Waals surface area contributed by atoms with Crippen LogP contribution in [-0.4, -0.2) is 49.1 Å². The van der Waals surface area contributed by atoms with Crippen LogP contribution in [0.25, 0.3) is 17.1 Å². The SMILES string of the molecule is O=C(c1cnn(-c2ccccc2)n1)N1CCC(c2nnc(-c3ccoc3)o2)CC1. The first-order valence-corrected chi connectivity index (χ1v) is 9.41. The third-order valence-electron chi connectivity index (χ3n) is 5.04. The largest absolute Gasteiger partial charge is 0.472 e. The summed E-state index contributed by atoms with van der Waals surface area (Å²) in [6, 6.07) is 11.3. The van der Waals surface area contributed by atoms with Crippen molar-refractivity contribution in [2.75, 3.05) is 13.1 Å². The molecule has 1 fully saturated rings. The highest BCUT2D eigenvalue weighted by atomic mass is 16.4. The molecule has 1 aromatic carbocycles. The molecule has 0 atom stereocenters. The predicted molar refractivity (Wildman–Crippen MR) is 101 cm³/mol. The first kappa shape index (κ1) is 17.4. The van der Waals surface area contributed by atoms with E-state index < -0.39 is 0 Å². The van der Waals surface area contributed by atoms with Crippen molar-refractivity contribution in [3.63, 3.8) is 0 Å². The van der Waals surface area contributed by atoms with Gasteiger partial charge in [0.15, 0.2) is 5.69 Å². The third kappa shape index (κ3) is 3.42. The molecule has 3 aromatic heterocycles. The Bertz CT molecular complexity index is 1090. The maximum atomic E-state index is 12.8. The molecule has 5 rings (SSSR count). The topological polar surface area (TPSA) is 103 Å². The van der Waals surface area contributed by atoms with E-state index in [2.05, 4.69) is 20.4 Å². The van der Waals surface area contributed by atoms with Crippen LogP contribution in [0, 0.1) is 0 Å². The number of amides is 1. The molecule has 0 bridgehead atoms. The lowest BCUT2D eigenvalue weighted by atomic mass is 9.96. The Hall–Kier alpha value is -3.75. The molecular formula is C20H18N6O3. The summed E-state index contributed by atoms with van der Waals surface area (Å²) < 4.78 is 10.8. The van der Waals surface area contributed by atoms with Crippen molar-refractivity contribution in [2.24, 2.45) is 0 Å². The van der Waals surface area contributed by atoms with Gasteiger partial charge in [-0.1, -0.05) is 18.2 Å². The highest BCUT2D eigenvalue weighted by molar-refractivity contribution is 5.92. The first-order valence-electron chi connectivity index (χ1n) is 9.41. The normalized spacial score (nSPS) is 15.0. The van der Waals surface area contributed by atoms with Crippen LogP contribution < -0.4 is 0 Å². The van der Waals surface area contributed by atoms with Gasteiger partial charge in [-0.25, -0.2) is 0 Å². The summed E-state index contributed by atoms with van der Waals surface area (Å²) in [5.41, 5.74) is 1.92. The van der Waals surface area contributed by atoms with Crippen molar-refractivity contribution >= 4 is 5.91 Å². The van der Waals surface area contributed by atoms with Crippen molar-refractivity contribution in [1.29, 1.82) is 0 Å². The van der Waals surface area contributed by atoms with Crippen LogP contribution in [0.15, 0.2) is 64.0 Å². The summed E-state index contributed by atoms with van der Waals surface area (Å²) in [4.78, 5) is 16.1. The summed E-state index contributed by atoms with van der Waals surface area (Å²) in [6.45, 7) is 1.20. The van der Waals surface area contributed by atoms with Crippen molar-refractivity contribution in [2.45, 2.75) is 18.8 Å². The summed E-state index contributed by atoms with van der Waals surface area (Å²) in [5, 5.41) is 16.8. The number of nitrogens with zero attached hydrogens (tertiary/aromatic N) is 6. The molecule has 4 aromatic rings. The molecule has 0 unspecified atom stereocenters. The average Bonchev–Trinajstić information content (AvgIpc) is 3.55. The smallest absolute Gasteiger partial charge is 0.276 e. The fourth-order valence-corrected chi connectivity index (χ4v) is 3.44. The van der Waals surface area contributed by atoms with Gasteiger partial charge in [-0.05, 0) is 31.0 Å². The molecule has 0 spiro atoms. The third-order valence-corrected chi connectivity index (χ3v) is 5.04. The molecule has 9 nitrogen and oxygen atoms in total. The lowest BCUT2D eigenvalue weighted by Gasteiger charge is -2.29. The fraction of sp³-hybridized carbons (Fsp3) is 0.250. The fourth-order valence-electron chi connectivity index (χ4n) is 3.44. The van der Waals surface area contributed by atoms with E-state index in [9.17, 15) is 4.79 Å². The molecule has 0 radical (unpaired) electrons. The zero-order chi connectivity index (χ0) is 19.6. The molecule has 0 N–H and O–H groups in total. The van der Waals surface area contributed by atoms with Crippen LogP contribution in [-0.2, 0) is 0 Å². The minimum Gasteiger partial charge on any atom is -0.472 e. The Labute approximate surface area is 165 Å². The number of carbonyl (C=O) groups excluding carboxylic acids is 1. The number of carbonyl (C=O) groups is 1. The van der Waals surface area contributed by atoms with E-state index in [1.807, 2.05) is 30.3 Å². The van der Waals surface area contributed by atoms with E-state index in [0.717, 1.165) is 24.1 Å². The Kier molecular flexibility index (Phi) is 4.39. The van der Waals surface area contributed by atoms with E-state index >= 15 is 0 Å². The van der Waals surface area contributed by atoms with Gasteiger partial charge in [0.05, 0.1) is 23.7 Å². The number of likely N-dealkylation sites (tertiary alicyclic amines) is 1. The molecule has 1 amide bonds. The van der Waals surface area contributed by atoms with Gasteiger partial charge in [0, 0.05) is 19.0 Å². The number of rotatable bonds is 4. The first-order chi connectivity index (χ1) is 14.3. The van der Waals surface area contributed by atoms with Crippen LogP contribution >= 0.6 is 0 Å². The summed E-state index contributed by atoms with van der Waals surface area (Å²) >= 11 is 0. The molecule has 146 valence electrons. The van der Waals surface area contributed by atoms with Crippen molar-refractivity contribution < 1.29 is 13.6 Å². The Morgan fingerprint density at radius 2 is 1.90 bits per heavy atom. The minimum atomic E-state index is -0.116. The number of benzene rings is 1. The monoisotopic (exact) mass is 390 g/mol. The zero-order valence-electron chi connectivity index (χ0n) is 15.5. The van der Waals surface area contributed by atoms with Crippen LogP contribution in [0.1, 0.15) is 35.1 Å². The Balaban J connectivity index is 1.23. The van der Waals surface area contributed by atoms with Gasteiger partial charge in [0.1, 0.15) is 6.26 Å².